The van der Waals surface area contributed by atoms with E-state index < -0.39 is 0 Å². The van der Waals surface area contributed by atoms with E-state index in [0.717, 1.165) is 24.7 Å². The zero-order chi connectivity index (χ0) is 19.2. The minimum Gasteiger partial charge on any atom is -0.455 e. The number of carbonyl (C=O) groups is 1. The number of aromatic nitrogens is 1. The molecule has 0 atom stereocenters. The Morgan fingerprint density at radius 2 is 1.68 bits per heavy atom. The molecule has 1 fully saturated rings. The van der Waals surface area contributed by atoms with Gasteiger partial charge in [-0.1, -0.05) is 30.3 Å². The van der Waals surface area contributed by atoms with Gasteiger partial charge in [-0.3, -0.25) is 4.79 Å². The highest BCUT2D eigenvalue weighted by molar-refractivity contribution is 6.05. The Bertz CT molecular complexity index is 937. The average molecular weight is 373 g/mol. The number of piperidine rings is 1. The number of nitrogens with zero attached hydrogens (tertiary/aromatic N) is 2. The van der Waals surface area contributed by atoms with Gasteiger partial charge in [0.05, 0.1) is 5.69 Å². The van der Waals surface area contributed by atoms with Crippen LogP contribution in [0, 0.1) is 0 Å². The highest BCUT2D eigenvalue weighted by Crippen LogP contribution is 2.29. The molecule has 142 valence electrons. The second kappa shape index (κ2) is 8.57. The number of anilines is 2. The van der Waals surface area contributed by atoms with Crippen LogP contribution in [0.2, 0.25) is 0 Å². The maximum absolute atomic E-state index is 12.8. The van der Waals surface area contributed by atoms with Crippen LogP contribution in [0.25, 0.3) is 0 Å². The van der Waals surface area contributed by atoms with Crippen molar-refractivity contribution in [1.82, 2.24) is 4.98 Å². The summed E-state index contributed by atoms with van der Waals surface area (Å²) in [5.74, 6) is 2.01. The highest BCUT2D eigenvalue weighted by Gasteiger charge is 2.15. The Kier molecular flexibility index (Phi) is 5.52. The molecule has 4 rings (SSSR count). The quantitative estimate of drug-likeness (QED) is 0.675. The minimum atomic E-state index is -0.176. The largest absolute Gasteiger partial charge is 0.455 e. The van der Waals surface area contributed by atoms with Crippen molar-refractivity contribution in [2.24, 2.45) is 0 Å². The summed E-state index contributed by atoms with van der Waals surface area (Å²) in [7, 11) is 0. The predicted molar refractivity (Wildman–Crippen MR) is 111 cm³/mol. The minimum absolute atomic E-state index is 0.176. The molecule has 0 radical (unpaired) electrons. The van der Waals surface area contributed by atoms with Crippen molar-refractivity contribution in [1.29, 1.82) is 0 Å². The van der Waals surface area contributed by atoms with Gasteiger partial charge in [-0.25, -0.2) is 4.98 Å². The van der Waals surface area contributed by atoms with E-state index in [9.17, 15) is 4.79 Å². The zero-order valence-corrected chi connectivity index (χ0v) is 15.7. The van der Waals surface area contributed by atoms with Crippen molar-refractivity contribution in [3.8, 4) is 11.5 Å². The summed E-state index contributed by atoms with van der Waals surface area (Å²) in [5.41, 5.74) is 1.22. The summed E-state index contributed by atoms with van der Waals surface area (Å²) in [6.45, 7) is 1.98. The molecule has 5 heteroatoms. The van der Waals surface area contributed by atoms with Gasteiger partial charge >= 0.3 is 0 Å². The lowest BCUT2D eigenvalue weighted by Crippen LogP contribution is -2.30. The molecule has 1 saturated heterocycles. The monoisotopic (exact) mass is 373 g/mol. The van der Waals surface area contributed by atoms with Crippen LogP contribution in [-0.2, 0) is 0 Å². The SMILES string of the molecule is O=C(Nc1ccccc1Oc1ccccc1)c1ccnc(N2CCCCC2)c1. The Balaban J connectivity index is 1.51. The lowest BCUT2D eigenvalue weighted by Gasteiger charge is -2.27. The molecule has 0 aliphatic carbocycles. The second-order valence-electron chi connectivity index (χ2n) is 6.82. The van der Waals surface area contributed by atoms with E-state index in [4.69, 9.17) is 4.74 Å². The van der Waals surface area contributed by atoms with E-state index in [2.05, 4.69) is 15.2 Å². The first kappa shape index (κ1) is 18.0. The van der Waals surface area contributed by atoms with Crippen molar-refractivity contribution < 1.29 is 9.53 Å². The number of benzene rings is 2. The van der Waals surface area contributed by atoms with Gasteiger partial charge in [0.1, 0.15) is 11.6 Å². The highest BCUT2D eigenvalue weighted by atomic mass is 16.5. The number of pyridine rings is 1. The van der Waals surface area contributed by atoms with Crippen LogP contribution in [0.15, 0.2) is 72.9 Å². The number of nitrogens with one attached hydrogen (secondary N) is 1. The summed E-state index contributed by atoms with van der Waals surface area (Å²) >= 11 is 0. The zero-order valence-electron chi connectivity index (χ0n) is 15.7. The van der Waals surface area contributed by atoms with Crippen molar-refractivity contribution in [3.05, 3.63) is 78.5 Å². The lowest BCUT2D eigenvalue weighted by molar-refractivity contribution is 0.102. The second-order valence-corrected chi connectivity index (χ2v) is 6.82. The number of rotatable bonds is 5. The fourth-order valence-electron chi connectivity index (χ4n) is 3.32. The first-order chi connectivity index (χ1) is 13.8. The van der Waals surface area contributed by atoms with Gasteiger partial charge in [-0.2, -0.15) is 0 Å². The van der Waals surface area contributed by atoms with Gasteiger partial charge in [-0.15, -0.1) is 0 Å². The Labute approximate surface area is 165 Å². The molecule has 0 unspecified atom stereocenters. The van der Waals surface area contributed by atoms with Crippen LogP contribution >= 0.6 is 0 Å². The molecule has 0 spiro atoms. The van der Waals surface area contributed by atoms with Gasteiger partial charge in [0.15, 0.2) is 5.75 Å². The third-order valence-electron chi connectivity index (χ3n) is 4.79. The van der Waals surface area contributed by atoms with Gasteiger partial charge in [0.2, 0.25) is 0 Å². The molecule has 1 aliphatic rings. The standard InChI is InChI=1S/C23H23N3O2/c27-23(18-13-14-24-22(17-18)26-15-7-2-8-16-26)25-20-11-5-6-12-21(20)28-19-9-3-1-4-10-19/h1,3-6,9-14,17H,2,7-8,15-16H2,(H,25,27). The van der Waals surface area contributed by atoms with E-state index in [1.54, 1.807) is 12.3 Å². The fraction of sp³-hybridized carbons (Fsp3) is 0.217. The molecule has 5 nitrogen and oxygen atoms in total. The molecule has 2 aromatic carbocycles. The molecule has 1 aromatic heterocycles. The Morgan fingerprint density at radius 1 is 0.929 bits per heavy atom. The van der Waals surface area contributed by atoms with Crippen LogP contribution in [0.3, 0.4) is 0 Å². The van der Waals surface area contributed by atoms with Crippen LogP contribution in [0.4, 0.5) is 11.5 Å². The van der Waals surface area contributed by atoms with Crippen LogP contribution < -0.4 is 15.0 Å². The normalized spacial score (nSPS) is 13.8. The van der Waals surface area contributed by atoms with Crippen molar-refractivity contribution >= 4 is 17.4 Å². The molecular weight excluding hydrogens is 350 g/mol. The van der Waals surface area contributed by atoms with E-state index in [0.29, 0.717) is 17.0 Å². The van der Waals surface area contributed by atoms with Crippen LogP contribution in [-0.4, -0.2) is 24.0 Å². The van der Waals surface area contributed by atoms with E-state index in [1.807, 2.05) is 60.7 Å². The Morgan fingerprint density at radius 3 is 2.50 bits per heavy atom. The van der Waals surface area contributed by atoms with Gasteiger partial charge in [0.25, 0.3) is 5.91 Å². The smallest absolute Gasteiger partial charge is 0.255 e. The molecule has 3 aromatic rings. The fourth-order valence-corrected chi connectivity index (χ4v) is 3.32. The molecule has 0 bridgehead atoms. The van der Waals surface area contributed by atoms with Crippen molar-refractivity contribution in [2.45, 2.75) is 19.3 Å². The summed E-state index contributed by atoms with van der Waals surface area (Å²) in [6.07, 6.45) is 5.30. The van der Waals surface area contributed by atoms with E-state index in [1.165, 1.54) is 19.3 Å². The number of hydrogen-bond donors (Lipinski definition) is 1. The predicted octanol–water partition coefficient (Wildman–Crippen LogP) is 5.12. The topological polar surface area (TPSA) is 54.5 Å². The maximum Gasteiger partial charge on any atom is 0.255 e. The molecule has 28 heavy (non-hydrogen) atoms. The number of hydrogen-bond acceptors (Lipinski definition) is 4. The van der Waals surface area contributed by atoms with Gasteiger partial charge in [-0.05, 0) is 55.7 Å². The van der Waals surface area contributed by atoms with Crippen LogP contribution in [0.5, 0.6) is 11.5 Å². The molecule has 1 N–H and O–H groups in total. The Hall–Kier alpha value is -3.34. The van der Waals surface area contributed by atoms with E-state index >= 15 is 0 Å². The number of ether oxygens (including phenoxy) is 1. The first-order valence-electron chi connectivity index (χ1n) is 9.64. The molecule has 2 heterocycles. The van der Waals surface area contributed by atoms with E-state index in [-0.39, 0.29) is 5.91 Å². The van der Waals surface area contributed by atoms with Crippen molar-refractivity contribution in [2.75, 3.05) is 23.3 Å². The van der Waals surface area contributed by atoms with Crippen LogP contribution in [0.1, 0.15) is 29.6 Å². The number of para-hydroxylation sites is 3. The number of amides is 1. The molecule has 1 aliphatic heterocycles. The molecule has 0 saturated carbocycles. The maximum atomic E-state index is 12.8. The van der Waals surface area contributed by atoms with Crippen molar-refractivity contribution in [3.63, 3.8) is 0 Å². The van der Waals surface area contributed by atoms with Gasteiger partial charge < -0.3 is 15.0 Å². The summed E-state index contributed by atoms with van der Waals surface area (Å²) in [5, 5.41) is 2.97. The molecule has 1 amide bonds. The summed E-state index contributed by atoms with van der Waals surface area (Å²) in [6, 6.07) is 20.6. The number of carbonyl (C=O) groups excluding carboxylic acids is 1. The lowest BCUT2D eigenvalue weighted by atomic mass is 10.1. The third kappa shape index (κ3) is 4.31. The molecular formula is C23H23N3O2. The average Bonchev–Trinajstić information content (AvgIpc) is 2.76. The first-order valence-corrected chi connectivity index (χ1v) is 9.64. The summed E-state index contributed by atoms with van der Waals surface area (Å²) < 4.78 is 5.93. The summed E-state index contributed by atoms with van der Waals surface area (Å²) in [4.78, 5) is 19.5. The van der Waals surface area contributed by atoms with Gasteiger partial charge in [0, 0.05) is 24.8 Å². The third-order valence-corrected chi connectivity index (χ3v) is 4.79.